The molecule has 0 saturated heterocycles. The van der Waals surface area contributed by atoms with Gasteiger partial charge >= 0.3 is 0 Å². The van der Waals surface area contributed by atoms with Crippen LogP contribution in [0.15, 0.2) is 170 Å². The number of benzene rings is 7. The van der Waals surface area contributed by atoms with E-state index in [2.05, 4.69) is 193 Å². The molecule has 0 spiro atoms. The van der Waals surface area contributed by atoms with Crippen molar-refractivity contribution in [3.05, 3.63) is 192 Å². The molecule has 0 aliphatic carbocycles. The Morgan fingerprint density at radius 1 is 0.547 bits per heavy atom. The number of para-hydroxylation sites is 1. The number of fused-ring (bicyclic) bond motifs is 1. The van der Waals surface area contributed by atoms with Gasteiger partial charge in [-0.25, -0.2) is 4.98 Å². The first-order chi connectivity index (χ1) is 30.9. The van der Waals surface area contributed by atoms with Crippen LogP contribution in [0.5, 0.6) is 5.75 Å². The van der Waals surface area contributed by atoms with Crippen molar-refractivity contribution in [2.45, 2.75) is 79.0 Å². The quantitative estimate of drug-likeness (QED) is 0.166. The van der Waals surface area contributed by atoms with E-state index in [0.29, 0.717) is 11.4 Å². The van der Waals surface area contributed by atoms with Crippen LogP contribution in [0, 0.1) is 6.92 Å². The van der Waals surface area contributed by atoms with E-state index < -0.39 is 5.89 Å². The van der Waals surface area contributed by atoms with Gasteiger partial charge in [0.15, 0.2) is 0 Å². The molecule has 0 aliphatic rings. The average Bonchev–Trinajstić information content (AvgIpc) is 3.68. The van der Waals surface area contributed by atoms with Crippen molar-refractivity contribution in [3.63, 3.8) is 0 Å². The minimum absolute atomic E-state index is 0.0780. The molecular formula is C60H57N3O. The number of nitrogens with zero attached hydrogens (tertiary/aromatic N) is 3. The maximum absolute atomic E-state index is 12.3. The summed E-state index contributed by atoms with van der Waals surface area (Å²) in [5.41, 5.74) is 17.5. The lowest BCUT2D eigenvalue weighted by Crippen LogP contribution is -2.13. The van der Waals surface area contributed by atoms with Crippen LogP contribution in [-0.2, 0) is 10.8 Å². The molecule has 0 saturated carbocycles. The fraction of sp³-hybridized carbons (Fsp3) is 0.200. The van der Waals surface area contributed by atoms with Gasteiger partial charge in [0.2, 0.25) is 0 Å². The van der Waals surface area contributed by atoms with Gasteiger partial charge in [-0.2, -0.15) is 0 Å². The van der Waals surface area contributed by atoms with Gasteiger partial charge in [-0.3, -0.25) is 9.55 Å². The minimum Gasteiger partial charge on any atom is -0.507 e. The largest absolute Gasteiger partial charge is 0.507 e. The summed E-state index contributed by atoms with van der Waals surface area (Å²) in [5, 5.41) is 12.3. The summed E-state index contributed by atoms with van der Waals surface area (Å²) in [5.74, 6) is 0.242. The van der Waals surface area contributed by atoms with Crippen LogP contribution in [0.25, 0.3) is 83.9 Å². The molecule has 64 heavy (non-hydrogen) atoms. The summed E-state index contributed by atoms with van der Waals surface area (Å²) in [7, 11) is 0. The number of phenols is 1. The van der Waals surface area contributed by atoms with Crippen molar-refractivity contribution in [1.82, 2.24) is 14.5 Å². The third kappa shape index (κ3) is 8.17. The lowest BCUT2D eigenvalue weighted by Gasteiger charge is -2.24. The molecule has 9 aromatic rings. The average molecular weight is 837 g/mol. The molecule has 0 amide bonds. The molecule has 318 valence electrons. The predicted octanol–water partition coefficient (Wildman–Crippen LogP) is 16.2. The lowest BCUT2D eigenvalue weighted by molar-refractivity contribution is 0.448. The number of hydrogen-bond donors (Lipinski definition) is 1. The number of hydrogen-bond acceptors (Lipinski definition) is 3. The number of phenolic OH excluding ortho intramolecular Hbond substituents is 1. The van der Waals surface area contributed by atoms with E-state index in [9.17, 15) is 5.11 Å². The summed E-state index contributed by atoms with van der Waals surface area (Å²) in [4.78, 5) is 10.6. The van der Waals surface area contributed by atoms with Crippen LogP contribution in [0.2, 0.25) is 0 Å². The molecule has 0 atom stereocenters. The number of pyridine rings is 1. The number of rotatable bonds is 8. The van der Waals surface area contributed by atoms with E-state index in [0.717, 1.165) is 89.2 Å². The molecule has 2 heterocycles. The Morgan fingerprint density at radius 3 is 1.88 bits per heavy atom. The van der Waals surface area contributed by atoms with Gasteiger partial charge in [0.05, 0.1) is 28.0 Å². The van der Waals surface area contributed by atoms with Crippen molar-refractivity contribution in [1.29, 1.82) is 0 Å². The van der Waals surface area contributed by atoms with Crippen molar-refractivity contribution in [3.8, 4) is 78.6 Å². The summed E-state index contributed by atoms with van der Waals surface area (Å²) in [6, 6.07) is 57.7. The topological polar surface area (TPSA) is 50.9 Å². The molecule has 7 aromatic carbocycles. The third-order valence-corrected chi connectivity index (χ3v) is 12.4. The van der Waals surface area contributed by atoms with Gasteiger partial charge in [0.25, 0.3) is 0 Å². The molecule has 2 aromatic heterocycles. The monoisotopic (exact) mass is 836 g/mol. The first kappa shape index (κ1) is 41.0. The van der Waals surface area contributed by atoms with E-state index in [1.165, 1.54) is 5.56 Å². The fourth-order valence-electron chi connectivity index (χ4n) is 8.82. The maximum Gasteiger partial charge on any atom is 0.149 e. The Hall–Kier alpha value is -7.04. The Labute approximate surface area is 380 Å². The molecule has 9 rings (SSSR count). The predicted molar refractivity (Wildman–Crippen MR) is 269 cm³/mol. The van der Waals surface area contributed by atoms with Crippen LogP contribution >= 0.6 is 0 Å². The summed E-state index contributed by atoms with van der Waals surface area (Å²) in [6.07, 6.45) is 1.88. The maximum atomic E-state index is 12.3. The third-order valence-electron chi connectivity index (χ3n) is 12.4. The molecule has 4 nitrogen and oxygen atoms in total. The standard InChI is InChI=1S/C60H57N3O/c1-38(2)40-23-25-42(26-24-40)44-29-30-61-53(36-44)47-34-45(41-17-12-10-13-18-41)33-46(35-47)49-21-16-22-55-56(49)62-58(51-31-39(3)32-52(57(51)64)60(7,8)9)63(55)54-28-27-48(59(4,5)6)37-50(54)43-19-14-11-15-20-43/h10-38,64H,1-9H3/i38D. The zero-order valence-corrected chi connectivity index (χ0v) is 38.5. The van der Waals surface area contributed by atoms with Gasteiger partial charge in [0, 0.05) is 29.8 Å². The summed E-state index contributed by atoms with van der Waals surface area (Å²) < 4.78 is 10.8. The molecule has 0 fully saturated rings. The molecule has 4 heteroatoms. The second-order valence-electron chi connectivity index (χ2n) is 19.4. The van der Waals surface area contributed by atoms with E-state index in [4.69, 9.17) is 11.3 Å². The molecule has 0 unspecified atom stereocenters. The van der Waals surface area contributed by atoms with Crippen molar-refractivity contribution in [2.24, 2.45) is 0 Å². The zero-order chi connectivity index (χ0) is 45.8. The van der Waals surface area contributed by atoms with Gasteiger partial charge in [-0.05, 0) is 128 Å². The van der Waals surface area contributed by atoms with E-state index >= 15 is 0 Å². The van der Waals surface area contributed by atoms with Gasteiger partial charge in [0.1, 0.15) is 11.6 Å². The normalized spacial score (nSPS) is 12.4. The molecule has 0 aliphatic heterocycles. The highest BCUT2D eigenvalue weighted by Crippen LogP contribution is 2.45. The highest BCUT2D eigenvalue weighted by molar-refractivity contribution is 5.98. The Bertz CT molecular complexity index is 3200. The van der Waals surface area contributed by atoms with Crippen molar-refractivity contribution >= 4 is 11.0 Å². The smallest absolute Gasteiger partial charge is 0.149 e. The second-order valence-corrected chi connectivity index (χ2v) is 19.4. The zero-order valence-electron chi connectivity index (χ0n) is 39.5. The number of aromatic nitrogens is 3. The van der Waals surface area contributed by atoms with Crippen molar-refractivity contribution in [2.75, 3.05) is 0 Å². The first-order valence-electron chi connectivity index (χ1n) is 22.8. The van der Waals surface area contributed by atoms with Crippen LogP contribution < -0.4 is 0 Å². The summed E-state index contributed by atoms with van der Waals surface area (Å²) >= 11 is 0. The van der Waals surface area contributed by atoms with Gasteiger partial charge in [-0.1, -0.05) is 165 Å². The van der Waals surface area contributed by atoms with Crippen LogP contribution in [0.4, 0.5) is 0 Å². The Kier molecular flexibility index (Phi) is 10.6. The number of imidazole rings is 1. The van der Waals surface area contributed by atoms with Gasteiger partial charge in [-0.15, -0.1) is 0 Å². The molecule has 0 bridgehead atoms. The van der Waals surface area contributed by atoms with E-state index in [-0.39, 0.29) is 16.6 Å². The van der Waals surface area contributed by atoms with E-state index in [1.54, 1.807) is 0 Å². The van der Waals surface area contributed by atoms with Crippen molar-refractivity contribution < 1.29 is 6.48 Å². The fourth-order valence-corrected chi connectivity index (χ4v) is 8.82. The number of aryl methyl sites for hydroxylation is 1. The SMILES string of the molecule is [2H]C(C)(C)c1ccc(-c2ccnc(-c3cc(-c4ccccc4)cc(-c4cccc5c4nc(-c4cc(C)cc(C(C)(C)C)c4O)n5-c4ccc(C(C)(C)C)cc4-c4ccccc4)c3)c2)cc1. The Morgan fingerprint density at radius 2 is 1.20 bits per heavy atom. The Balaban J connectivity index is 1.31. The number of aromatic hydroxyl groups is 1. The molecule has 0 radical (unpaired) electrons. The molecular weight excluding hydrogens is 779 g/mol. The minimum atomic E-state index is -0.674. The van der Waals surface area contributed by atoms with Crippen LogP contribution in [0.1, 0.15) is 84.9 Å². The lowest BCUT2D eigenvalue weighted by atomic mass is 9.84. The van der Waals surface area contributed by atoms with Gasteiger partial charge < -0.3 is 5.11 Å². The van der Waals surface area contributed by atoms with E-state index in [1.807, 2.05) is 44.3 Å². The highest BCUT2D eigenvalue weighted by atomic mass is 16.3. The highest BCUT2D eigenvalue weighted by Gasteiger charge is 2.27. The van der Waals surface area contributed by atoms with Crippen LogP contribution in [-0.4, -0.2) is 19.6 Å². The summed E-state index contributed by atoms with van der Waals surface area (Å²) in [6.45, 7) is 19.1. The first-order valence-corrected chi connectivity index (χ1v) is 22.3. The van der Waals surface area contributed by atoms with Crippen LogP contribution in [0.3, 0.4) is 0 Å². The second kappa shape index (κ2) is 16.6. The molecule has 1 N–H and O–H groups in total.